The van der Waals surface area contributed by atoms with Gasteiger partial charge >= 0.3 is 0 Å². The van der Waals surface area contributed by atoms with Crippen molar-refractivity contribution in [2.24, 2.45) is 0 Å². The minimum absolute atomic E-state index is 0.105. The van der Waals surface area contributed by atoms with E-state index in [2.05, 4.69) is 29.6 Å². The van der Waals surface area contributed by atoms with Crippen molar-refractivity contribution in [2.75, 3.05) is 6.54 Å². The van der Waals surface area contributed by atoms with Crippen LogP contribution in [-0.4, -0.2) is 29.3 Å². The van der Waals surface area contributed by atoms with E-state index < -0.39 is 6.04 Å². The van der Waals surface area contributed by atoms with E-state index in [1.165, 1.54) is 0 Å². The Balaban J connectivity index is 1.65. The summed E-state index contributed by atoms with van der Waals surface area (Å²) in [5.41, 5.74) is 2.83. The fourth-order valence-corrected chi connectivity index (χ4v) is 5.04. The summed E-state index contributed by atoms with van der Waals surface area (Å²) in [6, 6.07) is 28.6. The number of aryl methyl sites for hydroxylation is 1. The number of likely N-dealkylation sites (N-methyl/N-ethyl adjacent to an activating group) is 1. The minimum Gasteiger partial charge on any atom is -0.355 e. The summed E-state index contributed by atoms with van der Waals surface area (Å²) in [6.45, 7) is 2.56. The predicted octanol–water partition coefficient (Wildman–Crippen LogP) is 6.86. The zero-order valence-corrected chi connectivity index (χ0v) is 22.3. The number of carbonyl (C=O) groups excluding carboxylic acids is 2. The molecule has 2 amide bonds. The fourth-order valence-electron chi connectivity index (χ4n) is 4.58. The first-order valence-electron chi connectivity index (χ1n) is 12.5. The van der Waals surface area contributed by atoms with Gasteiger partial charge in [-0.25, -0.2) is 0 Å². The van der Waals surface area contributed by atoms with Crippen LogP contribution in [0.5, 0.6) is 0 Å². The van der Waals surface area contributed by atoms with E-state index in [0.29, 0.717) is 29.4 Å². The molecule has 4 rings (SSSR count). The number of amides is 2. The standard InChI is InChI=1S/C31H30Cl2N2O2/c1-2-34-31(37)29(19-22-9-4-3-5-10-22)35(21-25-15-17-26(32)20-28(25)33)30(36)18-16-24-13-8-12-23-11-6-7-14-27(23)24/h3-15,17,20,29H,2,16,18-19,21H2,1H3,(H,34,37). The number of fused-ring (bicyclic) bond motifs is 1. The number of hydrogen-bond acceptors (Lipinski definition) is 2. The van der Waals surface area contributed by atoms with Crippen LogP contribution in [0.1, 0.15) is 30.0 Å². The molecule has 6 heteroatoms. The van der Waals surface area contributed by atoms with Gasteiger partial charge in [-0.2, -0.15) is 0 Å². The smallest absolute Gasteiger partial charge is 0.243 e. The lowest BCUT2D eigenvalue weighted by atomic mass is 9.99. The average Bonchev–Trinajstić information content (AvgIpc) is 2.91. The highest BCUT2D eigenvalue weighted by Crippen LogP contribution is 2.25. The second kappa shape index (κ2) is 12.8. The van der Waals surface area contributed by atoms with Crippen molar-refractivity contribution in [1.82, 2.24) is 10.2 Å². The van der Waals surface area contributed by atoms with E-state index >= 15 is 0 Å². The highest BCUT2D eigenvalue weighted by molar-refractivity contribution is 6.35. The van der Waals surface area contributed by atoms with Crippen molar-refractivity contribution in [3.63, 3.8) is 0 Å². The fraction of sp³-hybridized carbons (Fsp3) is 0.226. The molecule has 0 spiro atoms. The van der Waals surface area contributed by atoms with Crippen molar-refractivity contribution in [1.29, 1.82) is 0 Å². The molecule has 0 saturated heterocycles. The zero-order chi connectivity index (χ0) is 26.2. The Morgan fingerprint density at radius 2 is 1.59 bits per heavy atom. The van der Waals surface area contributed by atoms with Crippen molar-refractivity contribution in [3.8, 4) is 0 Å². The molecule has 1 unspecified atom stereocenters. The maximum Gasteiger partial charge on any atom is 0.243 e. The van der Waals surface area contributed by atoms with Crippen molar-refractivity contribution in [3.05, 3.63) is 118 Å². The maximum absolute atomic E-state index is 13.9. The number of nitrogens with one attached hydrogen (secondary N) is 1. The number of nitrogens with zero attached hydrogens (tertiary/aromatic N) is 1. The van der Waals surface area contributed by atoms with Gasteiger partial charge in [-0.1, -0.05) is 102 Å². The molecule has 0 heterocycles. The highest BCUT2D eigenvalue weighted by Gasteiger charge is 2.30. The van der Waals surface area contributed by atoms with Crippen molar-refractivity contribution in [2.45, 2.75) is 38.8 Å². The van der Waals surface area contributed by atoms with Gasteiger partial charge in [0, 0.05) is 36.0 Å². The Morgan fingerprint density at radius 3 is 2.35 bits per heavy atom. The summed E-state index contributed by atoms with van der Waals surface area (Å²) >= 11 is 12.6. The summed E-state index contributed by atoms with van der Waals surface area (Å²) in [7, 11) is 0. The predicted molar refractivity (Wildman–Crippen MR) is 152 cm³/mol. The summed E-state index contributed by atoms with van der Waals surface area (Å²) in [5, 5.41) is 6.18. The van der Waals surface area contributed by atoms with Gasteiger partial charge in [-0.15, -0.1) is 0 Å². The van der Waals surface area contributed by atoms with E-state index in [-0.39, 0.29) is 24.8 Å². The Hall–Kier alpha value is -3.34. The first-order chi connectivity index (χ1) is 18.0. The molecular weight excluding hydrogens is 503 g/mol. The van der Waals surface area contributed by atoms with Crippen LogP contribution >= 0.6 is 23.2 Å². The van der Waals surface area contributed by atoms with E-state index in [9.17, 15) is 9.59 Å². The molecule has 4 aromatic carbocycles. The molecule has 190 valence electrons. The first kappa shape index (κ1) is 26.7. The largest absolute Gasteiger partial charge is 0.355 e. The van der Waals surface area contributed by atoms with Crippen LogP contribution in [-0.2, 0) is 29.0 Å². The summed E-state index contributed by atoms with van der Waals surface area (Å²) < 4.78 is 0. The zero-order valence-electron chi connectivity index (χ0n) is 20.8. The first-order valence-corrected chi connectivity index (χ1v) is 13.2. The molecule has 1 N–H and O–H groups in total. The SMILES string of the molecule is CCNC(=O)C(Cc1ccccc1)N(Cc1ccc(Cl)cc1Cl)C(=O)CCc1cccc2ccccc12. The number of hydrogen-bond donors (Lipinski definition) is 1. The van der Waals surface area contributed by atoms with Crippen LogP contribution in [0.3, 0.4) is 0 Å². The van der Waals surface area contributed by atoms with Crippen molar-refractivity contribution >= 4 is 45.8 Å². The molecule has 37 heavy (non-hydrogen) atoms. The van der Waals surface area contributed by atoms with Crippen LogP contribution < -0.4 is 5.32 Å². The van der Waals surface area contributed by atoms with Gasteiger partial charge in [0.25, 0.3) is 0 Å². The third-order valence-corrected chi connectivity index (χ3v) is 7.05. The Bertz CT molecular complexity index is 1370. The number of halogens is 2. The lowest BCUT2D eigenvalue weighted by Gasteiger charge is -2.32. The Morgan fingerprint density at radius 1 is 0.865 bits per heavy atom. The van der Waals surface area contributed by atoms with Gasteiger partial charge in [-0.05, 0) is 52.9 Å². The average molecular weight is 533 g/mol. The van der Waals surface area contributed by atoms with Crippen LogP contribution in [0.4, 0.5) is 0 Å². The van der Waals surface area contributed by atoms with E-state index in [0.717, 1.165) is 27.5 Å². The van der Waals surface area contributed by atoms with Gasteiger partial charge in [0.2, 0.25) is 11.8 Å². The molecule has 0 radical (unpaired) electrons. The third-order valence-electron chi connectivity index (χ3n) is 6.47. The second-order valence-electron chi connectivity index (χ2n) is 9.00. The van der Waals surface area contributed by atoms with Gasteiger partial charge < -0.3 is 10.2 Å². The van der Waals surface area contributed by atoms with Crippen molar-refractivity contribution < 1.29 is 9.59 Å². The summed E-state index contributed by atoms with van der Waals surface area (Å²) in [4.78, 5) is 28.8. The quantitative estimate of drug-likeness (QED) is 0.242. The molecule has 0 aliphatic heterocycles. The molecule has 0 bridgehead atoms. The van der Waals surface area contributed by atoms with Crippen LogP contribution in [0.2, 0.25) is 10.0 Å². The topological polar surface area (TPSA) is 49.4 Å². The van der Waals surface area contributed by atoms with Crippen LogP contribution in [0, 0.1) is 0 Å². The Labute approximate surface area is 228 Å². The number of benzene rings is 4. The molecule has 4 aromatic rings. The molecular formula is C31H30Cl2N2O2. The Kier molecular flexibility index (Phi) is 9.21. The molecule has 0 fully saturated rings. The van der Waals surface area contributed by atoms with E-state index in [1.807, 2.05) is 61.5 Å². The lowest BCUT2D eigenvalue weighted by Crippen LogP contribution is -2.50. The molecule has 0 aromatic heterocycles. The van der Waals surface area contributed by atoms with E-state index in [1.54, 1.807) is 17.0 Å². The van der Waals surface area contributed by atoms with Crippen LogP contribution in [0.15, 0.2) is 91.0 Å². The minimum atomic E-state index is -0.686. The lowest BCUT2D eigenvalue weighted by molar-refractivity contribution is -0.141. The molecule has 0 aliphatic rings. The van der Waals surface area contributed by atoms with Gasteiger partial charge in [0.05, 0.1) is 0 Å². The second-order valence-corrected chi connectivity index (χ2v) is 9.84. The molecule has 1 atom stereocenters. The maximum atomic E-state index is 13.9. The monoisotopic (exact) mass is 532 g/mol. The third kappa shape index (κ3) is 6.91. The van der Waals surface area contributed by atoms with Gasteiger partial charge in [0.15, 0.2) is 0 Å². The molecule has 4 nitrogen and oxygen atoms in total. The van der Waals surface area contributed by atoms with E-state index in [4.69, 9.17) is 23.2 Å². The highest BCUT2D eigenvalue weighted by atomic mass is 35.5. The molecule has 0 aliphatic carbocycles. The summed E-state index contributed by atoms with van der Waals surface area (Å²) in [5.74, 6) is -0.291. The normalized spacial score (nSPS) is 11.8. The number of rotatable bonds is 10. The number of carbonyl (C=O) groups is 2. The van der Waals surface area contributed by atoms with Crippen LogP contribution in [0.25, 0.3) is 10.8 Å². The van der Waals surface area contributed by atoms with Gasteiger partial charge in [-0.3, -0.25) is 9.59 Å². The molecule has 0 saturated carbocycles. The van der Waals surface area contributed by atoms with Gasteiger partial charge in [0.1, 0.15) is 6.04 Å². The summed E-state index contributed by atoms with van der Waals surface area (Å²) in [6.07, 6.45) is 1.24.